The molecule has 1 heterocycles. The fourth-order valence-corrected chi connectivity index (χ4v) is 2.52. The molecule has 1 fully saturated rings. The first-order valence-electron chi connectivity index (χ1n) is 7.43. The molecule has 6 nitrogen and oxygen atoms in total. The third-order valence-corrected chi connectivity index (χ3v) is 3.69. The van der Waals surface area contributed by atoms with Gasteiger partial charge >= 0.3 is 5.97 Å². The van der Waals surface area contributed by atoms with Gasteiger partial charge in [0.15, 0.2) is 6.04 Å². The first-order chi connectivity index (χ1) is 10.6. The summed E-state index contributed by atoms with van der Waals surface area (Å²) < 4.78 is 0. The molecule has 6 heteroatoms. The van der Waals surface area contributed by atoms with Crippen LogP contribution in [0.3, 0.4) is 0 Å². The summed E-state index contributed by atoms with van der Waals surface area (Å²) >= 11 is 0. The van der Waals surface area contributed by atoms with Gasteiger partial charge < -0.3 is 15.3 Å². The summed E-state index contributed by atoms with van der Waals surface area (Å²) in [5.41, 5.74) is 0.505. The minimum atomic E-state index is -1.12. The Balaban J connectivity index is 1.99. The van der Waals surface area contributed by atoms with Gasteiger partial charge in [0, 0.05) is 13.0 Å². The van der Waals surface area contributed by atoms with Crippen LogP contribution in [-0.4, -0.2) is 40.9 Å². The fraction of sp³-hybridized carbons (Fsp3) is 0.438. The Labute approximate surface area is 129 Å². The molecule has 2 rings (SSSR count). The van der Waals surface area contributed by atoms with E-state index in [1.165, 1.54) is 4.90 Å². The Morgan fingerprint density at radius 1 is 1.18 bits per heavy atom. The van der Waals surface area contributed by atoms with Crippen LogP contribution in [0.2, 0.25) is 0 Å². The first-order valence-corrected chi connectivity index (χ1v) is 7.43. The number of nitrogens with zero attached hydrogens (tertiary/aromatic N) is 1. The number of hydrogen-bond acceptors (Lipinski definition) is 3. The fourth-order valence-electron chi connectivity index (χ4n) is 2.52. The summed E-state index contributed by atoms with van der Waals surface area (Å²) in [5.74, 6) is -1.62. The zero-order valence-electron chi connectivity index (χ0n) is 12.3. The molecular weight excluding hydrogens is 284 g/mol. The van der Waals surface area contributed by atoms with Crippen molar-refractivity contribution in [2.24, 2.45) is 0 Å². The molecule has 0 radical (unpaired) electrons. The van der Waals surface area contributed by atoms with E-state index in [2.05, 4.69) is 5.32 Å². The number of amides is 2. The van der Waals surface area contributed by atoms with Crippen LogP contribution in [0, 0.1) is 0 Å². The number of likely N-dealkylation sites (tertiary alicyclic amines) is 1. The molecule has 2 amide bonds. The van der Waals surface area contributed by atoms with Crippen molar-refractivity contribution in [3.63, 3.8) is 0 Å². The lowest BCUT2D eigenvalue weighted by Gasteiger charge is -2.21. The third kappa shape index (κ3) is 4.31. The number of carbonyl (C=O) groups is 3. The van der Waals surface area contributed by atoms with Crippen LogP contribution in [0.5, 0.6) is 0 Å². The van der Waals surface area contributed by atoms with Crippen LogP contribution in [-0.2, 0) is 14.4 Å². The van der Waals surface area contributed by atoms with Crippen LogP contribution in [0.4, 0.5) is 0 Å². The lowest BCUT2D eigenvalue weighted by atomic mass is 10.1. The van der Waals surface area contributed by atoms with Gasteiger partial charge in [-0.25, -0.2) is 4.79 Å². The van der Waals surface area contributed by atoms with Crippen molar-refractivity contribution in [1.29, 1.82) is 0 Å². The van der Waals surface area contributed by atoms with Crippen LogP contribution >= 0.6 is 0 Å². The van der Waals surface area contributed by atoms with Crippen molar-refractivity contribution >= 4 is 17.8 Å². The van der Waals surface area contributed by atoms with E-state index in [1.54, 1.807) is 30.3 Å². The van der Waals surface area contributed by atoms with E-state index in [1.807, 2.05) is 0 Å². The topological polar surface area (TPSA) is 86.7 Å². The van der Waals surface area contributed by atoms with E-state index < -0.39 is 17.9 Å². The maximum absolute atomic E-state index is 12.1. The van der Waals surface area contributed by atoms with Crippen molar-refractivity contribution in [3.05, 3.63) is 35.9 Å². The predicted octanol–water partition coefficient (Wildman–Crippen LogP) is 1.33. The zero-order valence-corrected chi connectivity index (χ0v) is 12.3. The summed E-state index contributed by atoms with van der Waals surface area (Å²) in [4.78, 5) is 36.8. The van der Waals surface area contributed by atoms with Gasteiger partial charge in [0.1, 0.15) is 0 Å². The molecule has 0 saturated carbocycles. The lowest BCUT2D eigenvalue weighted by molar-refractivity contribution is -0.142. The average molecular weight is 304 g/mol. The quantitative estimate of drug-likeness (QED) is 0.859. The molecule has 1 atom stereocenters. The van der Waals surface area contributed by atoms with E-state index in [4.69, 9.17) is 0 Å². The zero-order chi connectivity index (χ0) is 15.9. The molecule has 1 saturated heterocycles. The van der Waals surface area contributed by atoms with E-state index in [0.29, 0.717) is 18.5 Å². The Kier molecular flexibility index (Phi) is 5.52. The number of rotatable bonds is 5. The molecule has 0 aromatic heterocycles. The van der Waals surface area contributed by atoms with E-state index in [0.717, 1.165) is 19.3 Å². The van der Waals surface area contributed by atoms with Gasteiger partial charge in [-0.1, -0.05) is 36.8 Å². The summed E-state index contributed by atoms with van der Waals surface area (Å²) in [5, 5.41) is 11.8. The largest absolute Gasteiger partial charge is 0.479 e. The van der Waals surface area contributed by atoms with E-state index in [-0.39, 0.29) is 12.5 Å². The molecule has 0 bridgehead atoms. The molecule has 0 spiro atoms. The number of aliphatic carboxylic acids is 1. The van der Waals surface area contributed by atoms with Gasteiger partial charge in [-0.2, -0.15) is 0 Å². The normalized spacial score (nSPS) is 16.7. The highest BCUT2D eigenvalue weighted by Crippen LogP contribution is 2.14. The number of carboxylic acid groups (broad SMARTS) is 1. The van der Waals surface area contributed by atoms with E-state index >= 15 is 0 Å². The maximum Gasteiger partial charge on any atom is 0.330 e. The highest BCUT2D eigenvalue weighted by atomic mass is 16.4. The van der Waals surface area contributed by atoms with Gasteiger partial charge in [-0.05, 0) is 18.4 Å². The number of hydrogen-bond donors (Lipinski definition) is 2. The van der Waals surface area contributed by atoms with Crippen molar-refractivity contribution in [2.75, 3.05) is 13.1 Å². The average Bonchev–Trinajstić information content (AvgIpc) is 2.70. The summed E-state index contributed by atoms with van der Waals surface area (Å²) in [7, 11) is 0. The van der Waals surface area contributed by atoms with Crippen molar-refractivity contribution in [2.45, 2.75) is 31.7 Å². The molecule has 1 aliphatic rings. The summed E-state index contributed by atoms with van der Waals surface area (Å²) in [6.07, 6.45) is 3.15. The lowest BCUT2D eigenvalue weighted by Crippen LogP contribution is -2.43. The Bertz CT molecular complexity index is 544. The van der Waals surface area contributed by atoms with Crippen LogP contribution in [0.25, 0.3) is 0 Å². The first kappa shape index (κ1) is 16.0. The van der Waals surface area contributed by atoms with Crippen LogP contribution < -0.4 is 5.32 Å². The minimum Gasteiger partial charge on any atom is -0.479 e. The number of nitrogens with one attached hydrogen (secondary N) is 1. The molecule has 1 aliphatic heterocycles. The molecule has 1 aromatic rings. The minimum absolute atomic E-state index is 0.0424. The monoisotopic (exact) mass is 304 g/mol. The highest BCUT2D eigenvalue weighted by Gasteiger charge is 2.24. The summed E-state index contributed by atoms with van der Waals surface area (Å²) in [6, 6.07) is 7.41. The second kappa shape index (κ2) is 7.59. The second-order valence-electron chi connectivity index (χ2n) is 5.38. The number of benzene rings is 1. The SMILES string of the molecule is O=C(CN1CCCCCC1=O)NC(C(=O)O)c1ccccc1. The molecular formula is C16H20N2O4. The van der Waals surface area contributed by atoms with Gasteiger partial charge in [-0.15, -0.1) is 0 Å². The van der Waals surface area contributed by atoms with Crippen molar-refractivity contribution in [1.82, 2.24) is 10.2 Å². The van der Waals surface area contributed by atoms with Gasteiger partial charge in [0.05, 0.1) is 6.54 Å². The Morgan fingerprint density at radius 3 is 2.59 bits per heavy atom. The molecule has 2 N–H and O–H groups in total. The third-order valence-electron chi connectivity index (χ3n) is 3.69. The molecule has 0 aliphatic carbocycles. The highest BCUT2D eigenvalue weighted by molar-refractivity contribution is 5.88. The van der Waals surface area contributed by atoms with Crippen LogP contribution in [0.15, 0.2) is 30.3 Å². The van der Waals surface area contributed by atoms with Crippen molar-refractivity contribution < 1.29 is 19.5 Å². The van der Waals surface area contributed by atoms with Gasteiger partial charge in [-0.3, -0.25) is 9.59 Å². The maximum atomic E-state index is 12.1. The molecule has 22 heavy (non-hydrogen) atoms. The second-order valence-corrected chi connectivity index (χ2v) is 5.38. The molecule has 118 valence electrons. The molecule has 1 unspecified atom stereocenters. The van der Waals surface area contributed by atoms with Gasteiger partial charge in [0.25, 0.3) is 0 Å². The van der Waals surface area contributed by atoms with Gasteiger partial charge in [0.2, 0.25) is 11.8 Å². The van der Waals surface area contributed by atoms with Crippen molar-refractivity contribution in [3.8, 4) is 0 Å². The number of carbonyl (C=O) groups excluding carboxylic acids is 2. The predicted molar refractivity (Wildman–Crippen MR) is 80.0 cm³/mol. The van der Waals surface area contributed by atoms with Crippen LogP contribution in [0.1, 0.15) is 37.3 Å². The summed E-state index contributed by atoms with van der Waals surface area (Å²) in [6.45, 7) is 0.463. The Hall–Kier alpha value is -2.37. The van der Waals surface area contributed by atoms with E-state index in [9.17, 15) is 19.5 Å². The standard InChI is InChI=1S/C16H20N2O4/c19-13(11-18-10-6-2-5-9-14(18)20)17-15(16(21)22)12-7-3-1-4-8-12/h1,3-4,7-8,15H,2,5-6,9-11H2,(H,17,19)(H,21,22). The Morgan fingerprint density at radius 2 is 1.91 bits per heavy atom. The molecule has 1 aromatic carbocycles. The smallest absolute Gasteiger partial charge is 0.330 e. The number of carboxylic acids is 1.